The largest absolute Gasteiger partial charge is 0.375 e. The topological polar surface area (TPSA) is 48.1 Å². The molecule has 2 N–H and O–H groups in total. The molecule has 2 atom stereocenters. The Morgan fingerprint density at radius 2 is 2.22 bits per heavy atom. The smallest absolute Gasteiger partial charge is 0.0954 e. The molecule has 18 heavy (non-hydrogen) atoms. The van der Waals surface area contributed by atoms with E-state index in [9.17, 15) is 0 Å². The molecule has 1 heterocycles. The van der Waals surface area contributed by atoms with Crippen LogP contribution in [0.1, 0.15) is 49.7 Å². The molecule has 0 aliphatic heterocycles. The molecule has 2 unspecified atom stereocenters. The van der Waals surface area contributed by atoms with Gasteiger partial charge in [0.25, 0.3) is 0 Å². The maximum Gasteiger partial charge on any atom is 0.0954 e. The average Bonchev–Trinajstić information content (AvgIpc) is 2.97. The van der Waals surface area contributed by atoms with E-state index >= 15 is 0 Å². The van der Waals surface area contributed by atoms with Gasteiger partial charge in [0.2, 0.25) is 0 Å². The third kappa shape index (κ3) is 3.53. The van der Waals surface area contributed by atoms with Crippen LogP contribution in [0.2, 0.25) is 0 Å². The van der Waals surface area contributed by atoms with Crippen LogP contribution >= 0.6 is 11.3 Å². The summed E-state index contributed by atoms with van der Waals surface area (Å²) in [6.45, 7) is 6.65. The van der Waals surface area contributed by atoms with Gasteiger partial charge in [-0.3, -0.25) is 0 Å². The quantitative estimate of drug-likeness (QED) is 0.862. The van der Waals surface area contributed by atoms with E-state index < -0.39 is 0 Å². The molecular formula is C14H24N2OS. The molecule has 0 saturated heterocycles. The standard InChI is InChI=1S/C14H24N2OS/c1-10(2)14-16-13(9-18-14)8-17-7-12-5-3-4-11(12)6-15/h9-12H,3-8,15H2,1-2H3. The van der Waals surface area contributed by atoms with Gasteiger partial charge in [0.1, 0.15) is 0 Å². The van der Waals surface area contributed by atoms with Crippen LogP contribution in [0.5, 0.6) is 0 Å². The Kier molecular flexibility index (Phi) is 5.15. The number of nitrogens with zero attached hydrogens (tertiary/aromatic N) is 1. The van der Waals surface area contributed by atoms with Crippen LogP contribution in [0.3, 0.4) is 0 Å². The predicted octanol–water partition coefficient (Wildman–Crippen LogP) is 3.16. The zero-order chi connectivity index (χ0) is 13.0. The zero-order valence-electron chi connectivity index (χ0n) is 11.4. The van der Waals surface area contributed by atoms with Gasteiger partial charge in [-0.05, 0) is 31.2 Å². The molecule has 102 valence electrons. The molecule has 1 fully saturated rings. The van der Waals surface area contributed by atoms with E-state index in [1.807, 2.05) is 0 Å². The lowest BCUT2D eigenvalue weighted by molar-refractivity contribution is 0.0736. The zero-order valence-corrected chi connectivity index (χ0v) is 12.2. The van der Waals surface area contributed by atoms with E-state index in [1.54, 1.807) is 11.3 Å². The summed E-state index contributed by atoms with van der Waals surface area (Å²) in [6.07, 6.45) is 3.86. The maximum atomic E-state index is 5.82. The Hall–Kier alpha value is -0.450. The highest BCUT2D eigenvalue weighted by molar-refractivity contribution is 7.09. The molecular weight excluding hydrogens is 244 g/mol. The molecule has 0 bridgehead atoms. The van der Waals surface area contributed by atoms with Gasteiger partial charge in [0.05, 0.1) is 23.9 Å². The van der Waals surface area contributed by atoms with Gasteiger partial charge in [-0.25, -0.2) is 4.98 Å². The van der Waals surface area contributed by atoms with Crippen molar-refractivity contribution in [2.24, 2.45) is 17.6 Å². The number of aromatic nitrogens is 1. The minimum atomic E-state index is 0.514. The lowest BCUT2D eigenvalue weighted by Crippen LogP contribution is -2.22. The summed E-state index contributed by atoms with van der Waals surface area (Å²) in [5, 5.41) is 3.32. The van der Waals surface area contributed by atoms with Crippen molar-refractivity contribution < 1.29 is 4.74 Å². The normalized spacial score (nSPS) is 24.0. The molecule has 1 aliphatic carbocycles. The van der Waals surface area contributed by atoms with Crippen LogP contribution in [0.15, 0.2) is 5.38 Å². The number of ether oxygens (including phenoxy) is 1. The first-order valence-corrected chi connectivity index (χ1v) is 7.80. The molecule has 0 amide bonds. The van der Waals surface area contributed by atoms with Gasteiger partial charge in [-0.1, -0.05) is 20.3 Å². The maximum absolute atomic E-state index is 5.82. The number of nitrogens with two attached hydrogens (primary N) is 1. The van der Waals surface area contributed by atoms with Gasteiger partial charge >= 0.3 is 0 Å². The summed E-state index contributed by atoms with van der Waals surface area (Å²) in [4.78, 5) is 4.58. The molecule has 1 aliphatic rings. The first-order valence-electron chi connectivity index (χ1n) is 6.92. The van der Waals surface area contributed by atoms with E-state index in [1.165, 1.54) is 24.3 Å². The molecule has 0 aromatic carbocycles. The predicted molar refractivity (Wildman–Crippen MR) is 75.7 cm³/mol. The van der Waals surface area contributed by atoms with Crippen molar-refractivity contribution in [1.82, 2.24) is 4.98 Å². The van der Waals surface area contributed by atoms with Crippen molar-refractivity contribution in [3.05, 3.63) is 16.1 Å². The Labute approximate surface area is 114 Å². The van der Waals surface area contributed by atoms with Crippen molar-refractivity contribution in [2.75, 3.05) is 13.2 Å². The Bertz CT molecular complexity index is 364. The first-order chi connectivity index (χ1) is 8.70. The Morgan fingerprint density at radius 3 is 2.89 bits per heavy atom. The van der Waals surface area contributed by atoms with Gasteiger partial charge < -0.3 is 10.5 Å². The fourth-order valence-corrected chi connectivity index (χ4v) is 3.43. The van der Waals surface area contributed by atoms with E-state index in [0.717, 1.165) is 18.8 Å². The minimum Gasteiger partial charge on any atom is -0.375 e. The second kappa shape index (κ2) is 6.64. The first kappa shape index (κ1) is 14.0. The summed E-state index contributed by atoms with van der Waals surface area (Å²) < 4.78 is 5.82. The highest BCUT2D eigenvalue weighted by Crippen LogP contribution is 2.31. The van der Waals surface area contributed by atoms with Crippen LogP contribution in [-0.4, -0.2) is 18.1 Å². The molecule has 1 saturated carbocycles. The van der Waals surface area contributed by atoms with Crippen LogP contribution in [0.25, 0.3) is 0 Å². The van der Waals surface area contributed by atoms with Crippen molar-refractivity contribution in [3.8, 4) is 0 Å². The molecule has 0 radical (unpaired) electrons. The number of rotatable bonds is 6. The minimum absolute atomic E-state index is 0.514. The van der Waals surface area contributed by atoms with Crippen LogP contribution in [0, 0.1) is 11.8 Å². The lowest BCUT2D eigenvalue weighted by Gasteiger charge is -2.17. The number of hydrogen-bond donors (Lipinski definition) is 1. The third-order valence-electron chi connectivity index (χ3n) is 3.76. The van der Waals surface area contributed by atoms with Crippen molar-refractivity contribution in [1.29, 1.82) is 0 Å². The van der Waals surface area contributed by atoms with E-state index in [0.29, 0.717) is 24.4 Å². The number of thiazole rings is 1. The van der Waals surface area contributed by atoms with E-state index in [-0.39, 0.29) is 0 Å². The lowest BCUT2D eigenvalue weighted by atomic mass is 9.97. The summed E-state index contributed by atoms with van der Waals surface area (Å²) in [5.41, 5.74) is 6.85. The van der Waals surface area contributed by atoms with E-state index in [4.69, 9.17) is 10.5 Å². The van der Waals surface area contributed by atoms with Crippen molar-refractivity contribution >= 4 is 11.3 Å². The van der Waals surface area contributed by atoms with Crippen molar-refractivity contribution in [3.63, 3.8) is 0 Å². The molecule has 4 heteroatoms. The number of hydrogen-bond acceptors (Lipinski definition) is 4. The van der Waals surface area contributed by atoms with Crippen LogP contribution < -0.4 is 5.73 Å². The van der Waals surface area contributed by atoms with Crippen LogP contribution in [0.4, 0.5) is 0 Å². The summed E-state index contributed by atoms with van der Waals surface area (Å²) in [5.74, 6) is 1.85. The Morgan fingerprint density at radius 1 is 1.44 bits per heavy atom. The molecule has 1 aromatic heterocycles. The SMILES string of the molecule is CC(C)c1nc(COCC2CCCC2CN)cs1. The summed E-state index contributed by atoms with van der Waals surface area (Å²) in [7, 11) is 0. The second-order valence-corrected chi connectivity index (χ2v) is 6.42. The fourth-order valence-electron chi connectivity index (χ4n) is 2.61. The second-order valence-electron chi connectivity index (χ2n) is 5.53. The van der Waals surface area contributed by atoms with E-state index in [2.05, 4.69) is 24.2 Å². The molecule has 0 spiro atoms. The molecule has 2 rings (SSSR count). The van der Waals surface area contributed by atoms with Crippen LogP contribution in [-0.2, 0) is 11.3 Å². The highest BCUT2D eigenvalue weighted by Gasteiger charge is 2.25. The van der Waals surface area contributed by atoms with Gasteiger partial charge in [-0.2, -0.15) is 0 Å². The monoisotopic (exact) mass is 268 g/mol. The fraction of sp³-hybridized carbons (Fsp3) is 0.786. The summed E-state index contributed by atoms with van der Waals surface area (Å²) >= 11 is 1.73. The van der Waals surface area contributed by atoms with Gasteiger partial charge in [0.15, 0.2) is 0 Å². The van der Waals surface area contributed by atoms with Gasteiger partial charge in [0, 0.05) is 11.3 Å². The highest BCUT2D eigenvalue weighted by atomic mass is 32.1. The Balaban J connectivity index is 1.74. The average molecular weight is 268 g/mol. The molecule has 1 aromatic rings. The van der Waals surface area contributed by atoms with Gasteiger partial charge in [-0.15, -0.1) is 11.3 Å². The summed E-state index contributed by atoms with van der Waals surface area (Å²) in [6, 6.07) is 0. The van der Waals surface area contributed by atoms with Crippen molar-refractivity contribution in [2.45, 2.75) is 45.6 Å². The molecule has 3 nitrogen and oxygen atoms in total. The third-order valence-corrected chi connectivity index (χ3v) is 4.96.